The number of oxime groups is 1. The monoisotopic (exact) mass is 288 g/mol. The van der Waals surface area contributed by atoms with Gasteiger partial charge in [0.15, 0.2) is 6.10 Å². The first-order valence-corrected chi connectivity index (χ1v) is 7.12. The topological polar surface area (TPSA) is 34.5 Å². The lowest BCUT2D eigenvalue weighted by Crippen LogP contribution is -2.03. The third-order valence-corrected chi connectivity index (χ3v) is 3.28. The van der Waals surface area contributed by atoms with Gasteiger partial charge in [-0.3, -0.25) is 4.98 Å². The van der Waals surface area contributed by atoms with Gasteiger partial charge in [-0.05, 0) is 28.8 Å². The maximum atomic E-state index is 5.77. The molecule has 3 rings (SSSR count). The van der Waals surface area contributed by atoms with E-state index in [0.29, 0.717) is 0 Å². The Hall–Kier alpha value is -2.94. The molecule has 1 aromatic heterocycles. The Morgan fingerprint density at radius 2 is 1.32 bits per heavy atom. The Morgan fingerprint density at radius 1 is 0.773 bits per heavy atom. The summed E-state index contributed by atoms with van der Waals surface area (Å²) in [6.07, 6.45) is 4.93. The molecule has 0 unspecified atom stereocenters. The Balaban J connectivity index is 1.82. The van der Waals surface area contributed by atoms with Gasteiger partial charge in [-0.15, -0.1) is 0 Å². The minimum Gasteiger partial charge on any atom is -0.383 e. The van der Waals surface area contributed by atoms with Crippen LogP contribution in [0.2, 0.25) is 0 Å². The predicted molar refractivity (Wildman–Crippen MR) is 87.6 cm³/mol. The Bertz CT molecular complexity index is 673. The third kappa shape index (κ3) is 3.58. The zero-order valence-electron chi connectivity index (χ0n) is 12.0. The molecule has 0 saturated heterocycles. The summed E-state index contributed by atoms with van der Waals surface area (Å²) < 4.78 is 0. The quantitative estimate of drug-likeness (QED) is 0.520. The van der Waals surface area contributed by atoms with E-state index in [4.69, 9.17) is 4.84 Å². The maximum absolute atomic E-state index is 5.77. The van der Waals surface area contributed by atoms with Crippen molar-refractivity contribution in [1.29, 1.82) is 0 Å². The molecule has 0 aliphatic heterocycles. The van der Waals surface area contributed by atoms with E-state index >= 15 is 0 Å². The van der Waals surface area contributed by atoms with Crippen LogP contribution in [0.15, 0.2) is 90.3 Å². The average Bonchev–Trinajstić information content (AvgIpc) is 2.61. The summed E-state index contributed by atoms with van der Waals surface area (Å²) >= 11 is 0. The number of benzene rings is 2. The second kappa shape index (κ2) is 7.18. The van der Waals surface area contributed by atoms with Gasteiger partial charge in [0.05, 0.1) is 6.21 Å². The van der Waals surface area contributed by atoms with Gasteiger partial charge in [-0.1, -0.05) is 65.8 Å². The number of pyridine rings is 1. The van der Waals surface area contributed by atoms with Crippen molar-refractivity contribution in [3.63, 3.8) is 0 Å². The first kappa shape index (κ1) is 14.0. The number of hydrogen-bond donors (Lipinski definition) is 0. The molecule has 0 fully saturated rings. The molecule has 108 valence electrons. The summed E-state index contributed by atoms with van der Waals surface area (Å²) in [6, 6.07) is 23.9. The molecule has 0 radical (unpaired) electrons. The molecule has 3 nitrogen and oxygen atoms in total. The van der Waals surface area contributed by atoms with Crippen LogP contribution in [0.25, 0.3) is 0 Å². The van der Waals surface area contributed by atoms with Crippen molar-refractivity contribution in [3.05, 3.63) is 102 Å². The highest BCUT2D eigenvalue weighted by molar-refractivity contribution is 5.78. The van der Waals surface area contributed by atoms with E-state index in [9.17, 15) is 0 Å². The first-order valence-electron chi connectivity index (χ1n) is 7.12. The smallest absolute Gasteiger partial charge is 0.177 e. The summed E-state index contributed by atoms with van der Waals surface area (Å²) in [5.41, 5.74) is 3.09. The molecule has 0 saturated carbocycles. The van der Waals surface area contributed by atoms with Crippen LogP contribution in [-0.2, 0) is 4.84 Å². The van der Waals surface area contributed by atoms with Gasteiger partial charge in [-0.25, -0.2) is 0 Å². The van der Waals surface area contributed by atoms with Crippen molar-refractivity contribution in [3.8, 4) is 0 Å². The molecule has 3 heteroatoms. The van der Waals surface area contributed by atoms with E-state index in [2.05, 4.69) is 10.1 Å². The lowest BCUT2D eigenvalue weighted by atomic mass is 10.0. The van der Waals surface area contributed by atoms with Gasteiger partial charge >= 0.3 is 0 Å². The first-order chi connectivity index (χ1) is 10.9. The highest BCUT2D eigenvalue weighted by atomic mass is 16.6. The SMILES string of the molecule is C(=N/OC(c1ccccc1)c1ccccc1)/c1ccncc1. The molecular formula is C19H16N2O. The minimum absolute atomic E-state index is 0.222. The molecule has 3 aromatic rings. The van der Waals surface area contributed by atoms with Crippen molar-refractivity contribution in [2.45, 2.75) is 6.10 Å². The highest BCUT2D eigenvalue weighted by Gasteiger charge is 2.14. The van der Waals surface area contributed by atoms with Crippen molar-refractivity contribution < 1.29 is 4.84 Å². The summed E-state index contributed by atoms with van der Waals surface area (Å²) in [4.78, 5) is 9.75. The average molecular weight is 288 g/mol. The van der Waals surface area contributed by atoms with E-state index in [-0.39, 0.29) is 6.10 Å². The van der Waals surface area contributed by atoms with Gasteiger partial charge in [0.2, 0.25) is 0 Å². The maximum Gasteiger partial charge on any atom is 0.177 e. The summed E-state index contributed by atoms with van der Waals surface area (Å²) in [7, 11) is 0. The Morgan fingerprint density at radius 3 is 1.86 bits per heavy atom. The molecule has 0 N–H and O–H groups in total. The lowest BCUT2D eigenvalue weighted by molar-refractivity contribution is 0.0888. The normalized spacial score (nSPS) is 11.0. The zero-order chi connectivity index (χ0) is 15.0. The largest absolute Gasteiger partial charge is 0.383 e. The fraction of sp³-hybridized carbons (Fsp3) is 0.0526. The zero-order valence-corrected chi connectivity index (χ0v) is 12.0. The minimum atomic E-state index is -0.222. The number of aromatic nitrogens is 1. The van der Waals surface area contributed by atoms with Gasteiger partial charge < -0.3 is 4.84 Å². The summed E-state index contributed by atoms with van der Waals surface area (Å²) in [5, 5.41) is 4.14. The third-order valence-electron chi connectivity index (χ3n) is 3.28. The molecular weight excluding hydrogens is 272 g/mol. The van der Waals surface area contributed by atoms with E-state index in [0.717, 1.165) is 16.7 Å². The molecule has 0 aliphatic rings. The van der Waals surface area contributed by atoms with E-state index < -0.39 is 0 Å². The van der Waals surface area contributed by atoms with Crippen LogP contribution in [0.4, 0.5) is 0 Å². The van der Waals surface area contributed by atoms with Crippen LogP contribution in [0.1, 0.15) is 22.8 Å². The highest BCUT2D eigenvalue weighted by Crippen LogP contribution is 2.25. The molecule has 0 aliphatic carbocycles. The predicted octanol–water partition coefficient (Wildman–Crippen LogP) is 4.22. The lowest BCUT2D eigenvalue weighted by Gasteiger charge is -2.15. The van der Waals surface area contributed by atoms with Crippen molar-refractivity contribution in [2.24, 2.45) is 5.16 Å². The fourth-order valence-electron chi connectivity index (χ4n) is 2.17. The van der Waals surface area contributed by atoms with E-state index in [1.807, 2.05) is 72.8 Å². The van der Waals surface area contributed by atoms with Crippen LogP contribution in [-0.4, -0.2) is 11.2 Å². The van der Waals surface area contributed by atoms with Crippen LogP contribution in [0, 0.1) is 0 Å². The molecule has 22 heavy (non-hydrogen) atoms. The van der Waals surface area contributed by atoms with E-state index in [1.54, 1.807) is 18.6 Å². The Kier molecular flexibility index (Phi) is 4.57. The number of rotatable bonds is 5. The summed E-state index contributed by atoms with van der Waals surface area (Å²) in [6.45, 7) is 0. The van der Waals surface area contributed by atoms with Crippen LogP contribution >= 0.6 is 0 Å². The van der Waals surface area contributed by atoms with Crippen molar-refractivity contribution in [2.75, 3.05) is 0 Å². The second-order valence-corrected chi connectivity index (χ2v) is 4.82. The number of hydrogen-bond acceptors (Lipinski definition) is 3. The van der Waals surface area contributed by atoms with Crippen molar-refractivity contribution >= 4 is 6.21 Å². The van der Waals surface area contributed by atoms with Gasteiger partial charge in [0.1, 0.15) is 0 Å². The summed E-state index contributed by atoms with van der Waals surface area (Å²) in [5.74, 6) is 0. The van der Waals surface area contributed by atoms with E-state index in [1.165, 1.54) is 0 Å². The van der Waals surface area contributed by atoms with Gasteiger partial charge in [0.25, 0.3) is 0 Å². The molecule has 1 heterocycles. The molecule has 0 atom stereocenters. The van der Waals surface area contributed by atoms with Crippen LogP contribution in [0.5, 0.6) is 0 Å². The number of nitrogens with zero attached hydrogens (tertiary/aromatic N) is 2. The van der Waals surface area contributed by atoms with Crippen LogP contribution in [0.3, 0.4) is 0 Å². The van der Waals surface area contributed by atoms with Gasteiger partial charge in [-0.2, -0.15) is 0 Å². The van der Waals surface area contributed by atoms with Crippen molar-refractivity contribution in [1.82, 2.24) is 4.98 Å². The second-order valence-electron chi connectivity index (χ2n) is 4.82. The molecule has 0 amide bonds. The molecule has 0 spiro atoms. The fourth-order valence-corrected chi connectivity index (χ4v) is 2.17. The standard InChI is InChI=1S/C19H16N2O/c1-3-7-17(8-4-1)19(18-9-5-2-6-10-18)22-21-15-16-11-13-20-14-12-16/h1-15,19H/b21-15-. The van der Waals surface area contributed by atoms with Crippen LogP contribution < -0.4 is 0 Å². The molecule has 0 bridgehead atoms. The van der Waals surface area contributed by atoms with Gasteiger partial charge in [0, 0.05) is 12.4 Å². The molecule has 2 aromatic carbocycles. The Labute approximate surface area is 129 Å².